The smallest absolute Gasteiger partial charge is 0.371 e. The minimum atomic E-state index is -4.78. The van der Waals surface area contributed by atoms with E-state index < -0.39 is 23.0 Å². The fourth-order valence-electron chi connectivity index (χ4n) is 4.38. The van der Waals surface area contributed by atoms with Crippen molar-refractivity contribution in [3.05, 3.63) is 90.1 Å². The van der Waals surface area contributed by atoms with Crippen molar-refractivity contribution in [2.45, 2.75) is 25.4 Å². The molecule has 4 rings (SSSR count). The summed E-state index contributed by atoms with van der Waals surface area (Å²) in [6, 6.07) is 13.0. The lowest BCUT2D eigenvalue weighted by molar-refractivity contribution is -0.140. The van der Waals surface area contributed by atoms with Crippen LogP contribution < -0.4 is 0 Å². The van der Waals surface area contributed by atoms with Gasteiger partial charge in [-0.3, -0.25) is 9.97 Å². The van der Waals surface area contributed by atoms with Crippen LogP contribution in [0.1, 0.15) is 29.5 Å². The Kier molecular flexibility index (Phi) is 6.38. The fraction of sp³-hybridized carbons (Fsp3) is 0.269. The summed E-state index contributed by atoms with van der Waals surface area (Å²) < 4.78 is 53.9. The molecule has 1 aliphatic heterocycles. The first-order valence-electron chi connectivity index (χ1n) is 10.8. The summed E-state index contributed by atoms with van der Waals surface area (Å²) in [7, 11) is 0. The zero-order valence-electron chi connectivity index (χ0n) is 18.3. The molecule has 2 aromatic heterocycles. The van der Waals surface area contributed by atoms with Crippen LogP contribution >= 0.6 is 0 Å². The van der Waals surface area contributed by atoms with Crippen LogP contribution in [0.4, 0.5) is 17.6 Å². The Labute approximate surface area is 195 Å². The summed E-state index contributed by atoms with van der Waals surface area (Å²) in [5.74, 6) is -1.30. The van der Waals surface area contributed by atoms with E-state index in [9.17, 15) is 22.8 Å². The molecule has 174 valence electrons. The van der Waals surface area contributed by atoms with Gasteiger partial charge in [-0.2, -0.15) is 18.4 Å². The Hall–Kier alpha value is -3.73. The van der Waals surface area contributed by atoms with Gasteiger partial charge in [-0.05, 0) is 55.2 Å². The van der Waals surface area contributed by atoms with Crippen LogP contribution in [0.2, 0.25) is 0 Å². The van der Waals surface area contributed by atoms with E-state index >= 15 is 0 Å². The zero-order valence-corrected chi connectivity index (χ0v) is 18.3. The van der Waals surface area contributed by atoms with Gasteiger partial charge >= 0.3 is 6.18 Å². The second kappa shape index (κ2) is 9.26. The van der Waals surface area contributed by atoms with Crippen LogP contribution in [-0.4, -0.2) is 28.0 Å². The first kappa shape index (κ1) is 23.4. The van der Waals surface area contributed by atoms with Gasteiger partial charge in [0.1, 0.15) is 5.82 Å². The highest BCUT2D eigenvalue weighted by Gasteiger charge is 2.39. The Morgan fingerprint density at radius 1 is 1.06 bits per heavy atom. The molecule has 0 unspecified atom stereocenters. The minimum absolute atomic E-state index is 0.0747. The van der Waals surface area contributed by atoms with E-state index in [1.807, 2.05) is 29.2 Å². The lowest BCUT2D eigenvalue weighted by Gasteiger charge is -2.39. The van der Waals surface area contributed by atoms with Crippen molar-refractivity contribution in [3.63, 3.8) is 0 Å². The maximum absolute atomic E-state index is 14.6. The Balaban J connectivity index is 1.52. The molecule has 3 aromatic rings. The average molecular weight is 466 g/mol. The van der Waals surface area contributed by atoms with E-state index in [2.05, 4.69) is 22.6 Å². The SMILES string of the molecule is C=C(c1cccnc1-c1ccncc1)N1CCC(C#N)(Cc2cccc(C(F)(F)F)c2F)CC1. The van der Waals surface area contributed by atoms with Gasteiger partial charge in [-0.25, -0.2) is 4.39 Å². The maximum atomic E-state index is 14.6. The molecule has 0 bridgehead atoms. The lowest BCUT2D eigenvalue weighted by atomic mass is 9.74. The number of piperidine rings is 1. The average Bonchev–Trinajstić information content (AvgIpc) is 2.85. The first-order valence-corrected chi connectivity index (χ1v) is 10.8. The van der Waals surface area contributed by atoms with Crippen molar-refractivity contribution < 1.29 is 17.6 Å². The third-order valence-electron chi connectivity index (χ3n) is 6.32. The molecule has 0 N–H and O–H groups in total. The number of nitriles is 1. The highest BCUT2D eigenvalue weighted by molar-refractivity contribution is 5.76. The van der Waals surface area contributed by atoms with Crippen molar-refractivity contribution in [3.8, 4) is 17.3 Å². The quantitative estimate of drug-likeness (QED) is 0.425. The highest BCUT2D eigenvalue weighted by atomic mass is 19.4. The zero-order chi connectivity index (χ0) is 24.3. The van der Waals surface area contributed by atoms with E-state index in [0.717, 1.165) is 28.6 Å². The molecular weight excluding hydrogens is 444 g/mol. The Bertz CT molecular complexity index is 1220. The van der Waals surface area contributed by atoms with Crippen LogP contribution in [0.5, 0.6) is 0 Å². The van der Waals surface area contributed by atoms with Crippen molar-refractivity contribution in [2.24, 2.45) is 5.41 Å². The number of hydrogen-bond donors (Lipinski definition) is 0. The van der Waals surface area contributed by atoms with Gasteiger partial charge in [-0.15, -0.1) is 0 Å². The number of hydrogen-bond acceptors (Lipinski definition) is 4. The number of pyridine rings is 2. The number of alkyl halides is 3. The molecule has 0 spiro atoms. The monoisotopic (exact) mass is 466 g/mol. The molecule has 1 aliphatic rings. The standard InChI is InChI=1S/C26H22F4N4/c1-18(21-5-3-11-33-24(21)19-7-12-32-13-8-19)34-14-9-25(17-31,10-15-34)16-20-4-2-6-22(23(20)27)26(28,29)30/h2-8,11-13H,1,9-10,14-16H2. The van der Waals surface area contributed by atoms with E-state index in [1.54, 1.807) is 18.6 Å². The maximum Gasteiger partial charge on any atom is 0.419 e. The molecule has 0 aliphatic carbocycles. The Morgan fingerprint density at radius 3 is 2.41 bits per heavy atom. The molecule has 1 saturated heterocycles. The Morgan fingerprint density at radius 2 is 1.76 bits per heavy atom. The molecule has 1 aromatic carbocycles. The number of nitrogens with zero attached hydrogens (tertiary/aromatic N) is 4. The first-order chi connectivity index (χ1) is 16.2. The van der Waals surface area contributed by atoms with E-state index in [1.165, 1.54) is 12.1 Å². The van der Waals surface area contributed by atoms with Gasteiger partial charge in [0.2, 0.25) is 0 Å². The van der Waals surface area contributed by atoms with Crippen LogP contribution in [-0.2, 0) is 12.6 Å². The molecule has 4 nitrogen and oxygen atoms in total. The summed E-state index contributed by atoms with van der Waals surface area (Å²) in [5.41, 5.74) is 0.914. The molecule has 3 heterocycles. The van der Waals surface area contributed by atoms with E-state index in [4.69, 9.17) is 0 Å². The summed E-state index contributed by atoms with van der Waals surface area (Å²) in [6.45, 7) is 5.19. The lowest BCUT2D eigenvalue weighted by Crippen LogP contribution is -2.39. The van der Waals surface area contributed by atoms with Gasteiger partial charge in [0, 0.05) is 48.5 Å². The van der Waals surface area contributed by atoms with Crippen molar-refractivity contribution >= 4 is 5.70 Å². The highest BCUT2D eigenvalue weighted by Crippen LogP contribution is 2.40. The van der Waals surface area contributed by atoms with Crippen LogP contribution in [0.3, 0.4) is 0 Å². The predicted octanol–water partition coefficient (Wildman–Crippen LogP) is 6.12. The second-order valence-electron chi connectivity index (χ2n) is 8.41. The fourth-order valence-corrected chi connectivity index (χ4v) is 4.38. The summed E-state index contributed by atoms with van der Waals surface area (Å²) in [6.07, 6.45) is 0.975. The van der Waals surface area contributed by atoms with Crippen molar-refractivity contribution in [1.82, 2.24) is 14.9 Å². The molecule has 8 heteroatoms. The van der Waals surface area contributed by atoms with Gasteiger partial charge in [0.05, 0.1) is 22.7 Å². The number of likely N-dealkylation sites (tertiary alicyclic amines) is 1. The van der Waals surface area contributed by atoms with Crippen molar-refractivity contribution in [2.75, 3.05) is 13.1 Å². The molecule has 0 atom stereocenters. The molecule has 0 saturated carbocycles. The molecular formula is C26H22F4N4. The van der Waals surface area contributed by atoms with Gasteiger partial charge < -0.3 is 4.90 Å². The molecule has 34 heavy (non-hydrogen) atoms. The van der Waals surface area contributed by atoms with Gasteiger partial charge in [-0.1, -0.05) is 18.7 Å². The van der Waals surface area contributed by atoms with Crippen LogP contribution in [0.15, 0.2) is 67.6 Å². The van der Waals surface area contributed by atoms with Crippen molar-refractivity contribution in [1.29, 1.82) is 5.26 Å². The van der Waals surface area contributed by atoms with Crippen LogP contribution in [0, 0.1) is 22.6 Å². The second-order valence-corrected chi connectivity index (χ2v) is 8.41. The third kappa shape index (κ3) is 4.65. The van der Waals surface area contributed by atoms with E-state index in [0.29, 0.717) is 25.9 Å². The molecule has 1 fully saturated rings. The topological polar surface area (TPSA) is 52.8 Å². The normalized spacial score (nSPS) is 15.6. The third-order valence-corrected chi connectivity index (χ3v) is 6.32. The predicted molar refractivity (Wildman–Crippen MR) is 120 cm³/mol. The number of rotatable bonds is 5. The number of benzene rings is 1. The molecule has 0 radical (unpaired) electrons. The number of halogens is 4. The van der Waals surface area contributed by atoms with Crippen LogP contribution in [0.25, 0.3) is 17.0 Å². The molecule has 0 amide bonds. The number of aromatic nitrogens is 2. The largest absolute Gasteiger partial charge is 0.419 e. The van der Waals surface area contributed by atoms with E-state index in [-0.39, 0.29) is 12.0 Å². The summed E-state index contributed by atoms with van der Waals surface area (Å²) in [5, 5.41) is 9.91. The minimum Gasteiger partial charge on any atom is -0.371 e. The van der Waals surface area contributed by atoms with Gasteiger partial charge in [0.15, 0.2) is 0 Å². The van der Waals surface area contributed by atoms with Gasteiger partial charge in [0.25, 0.3) is 0 Å². The summed E-state index contributed by atoms with van der Waals surface area (Å²) >= 11 is 0. The summed E-state index contributed by atoms with van der Waals surface area (Å²) in [4.78, 5) is 10.6.